The van der Waals surface area contributed by atoms with Crippen molar-refractivity contribution in [2.75, 3.05) is 12.3 Å². The molecule has 0 saturated carbocycles. The monoisotopic (exact) mass is 250 g/mol. The Bertz CT molecular complexity index is 417. The molecule has 0 atom stereocenters. The summed E-state index contributed by atoms with van der Waals surface area (Å²) in [6, 6.07) is 3.34. The molecule has 0 fully saturated rings. The van der Waals surface area contributed by atoms with E-state index < -0.39 is 30.9 Å². The summed E-state index contributed by atoms with van der Waals surface area (Å²) in [5, 5.41) is 1.98. The molecular weight excluding hydrogens is 240 g/mol. The fourth-order valence-corrected chi connectivity index (χ4v) is 1.13. The minimum Gasteiger partial charge on any atom is -0.399 e. The van der Waals surface area contributed by atoms with Crippen molar-refractivity contribution in [2.24, 2.45) is 0 Å². The van der Waals surface area contributed by atoms with Gasteiger partial charge >= 0.3 is 6.18 Å². The Labute approximate surface area is 94.6 Å². The molecule has 0 unspecified atom stereocenters. The van der Waals surface area contributed by atoms with E-state index >= 15 is 0 Å². The molecule has 0 aliphatic carbocycles. The first-order chi connectivity index (χ1) is 7.79. The van der Waals surface area contributed by atoms with E-state index in [1.807, 2.05) is 5.32 Å². The molecule has 1 aromatic rings. The van der Waals surface area contributed by atoms with Crippen molar-refractivity contribution in [3.8, 4) is 0 Å². The maximum Gasteiger partial charge on any atom is 0.390 e. The van der Waals surface area contributed by atoms with Crippen LogP contribution in [-0.4, -0.2) is 18.6 Å². The van der Waals surface area contributed by atoms with Crippen molar-refractivity contribution in [2.45, 2.75) is 12.6 Å². The quantitative estimate of drug-likeness (QED) is 0.637. The second kappa shape index (κ2) is 5.03. The fourth-order valence-electron chi connectivity index (χ4n) is 1.13. The number of nitrogen functional groups attached to an aromatic ring is 1. The number of amides is 1. The van der Waals surface area contributed by atoms with Gasteiger partial charge in [0.15, 0.2) is 0 Å². The summed E-state index contributed by atoms with van der Waals surface area (Å²) in [5.41, 5.74) is 5.07. The lowest BCUT2D eigenvalue weighted by atomic mass is 10.2. The molecule has 0 aliphatic heterocycles. The van der Waals surface area contributed by atoms with Crippen molar-refractivity contribution in [1.82, 2.24) is 5.32 Å². The van der Waals surface area contributed by atoms with Crippen molar-refractivity contribution >= 4 is 11.6 Å². The maximum absolute atomic E-state index is 13.2. The molecule has 1 amide bonds. The van der Waals surface area contributed by atoms with E-state index in [2.05, 4.69) is 0 Å². The van der Waals surface area contributed by atoms with Crippen LogP contribution in [0.15, 0.2) is 18.2 Å². The predicted octanol–water partition coefficient (Wildman–Crippen LogP) is 2.09. The molecule has 1 aromatic carbocycles. The number of carbonyl (C=O) groups excluding carboxylic acids is 1. The number of hydrogen-bond donors (Lipinski definition) is 2. The van der Waals surface area contributed by atoms with E-state index in [1.54, 1.807) is 0 Å². The minimum atomic E-state index is -4.35. The van der Waals surface area contributed by atoms with Gasteiger partial charge in [0, 0.05) is 12.2 Å². The molecular formula is C10H10F4N2O. The topological polar surface area (TPSA) is 55.1 Å². The van der Waals surface area contributed by atoms with Gasteiger partial charge in [-0.15, -0.1) is 0 Å². The zero-order valence-corrected chi connectivity index (χ0v) is 8.64. The van der Waals surface area contributed by atoms with Gasteiger partial charge in [0.05, 0.1) is 12.0 Å². The van der Waals surface area contributed by atoms with Crippen molar-refractivity contribution < 1.29 is 22.4 Å². The maximum atomic E-state index is 13.2. The molecule has 0 spiro atoms. The zero-order valence-electron chi connectivity index (χ0n) is 8.64. The van der Waals surface area contributed by atoms with Gasteiger partial charge in [0.25, 0.3) is 5.91 Å². The fraction of sp³-hybridized carbons (Fsp3) is 0.300. The standard InChI is InChI=1S/C10H10F4N2O/c11-8-5-6(15)1-2-7(8)9(17)16-4-3-10(12,13)14/h1-2,5H,3-4,15H2,(H,16,17). The summed E-state index contributed by atoms with van der Waals surface area (Å²) in [5.74, 6) is -1.76. The predicted molar refractivity (Wildman–Crippen MR) is 53.8 cm³/mol. The lowest BCUT2D eigenvalue weighted by Gasteiger charge is -2.08. The zero-order chi connectivity index (χ0) is 13.1. The van der Waals surface area contributed by atoms with Crippen LogP contribution < -0.4 is 11.1 Å². The lowest BCUT2D eigenvalue weighted by molar-refractivity contribution is -0.132. The number of benzene rings is 1. The second-order valence-corrected chi connectivity index (χ2v) is 3.36. The van der Waals surface area contributed by atoms with E-state index in [0.29, 0.717) is 0 Å². The molecule has 0 saturated heterocycles. The molecule has 0 radical (unpaired) electrons. The van der Waals surface area contributed by atoms with E-state index in [1.165, 1.54) is 6.07 Å². The van der Waals surface area contributed by atoms with Gasteiger partial charge in [-0.3, -0.25) is 4.79 Å². The number of carbonyl (C=O) groups is 1. The van der Waals surface area contributed by atoms with Gasteiger partial charge in [0.1, 0.15) is 5.82 Å². The minimum absolute atomic E-state index is 0.134. The number of halogens is 4. The van der Waals surface area contributed by atoms with Crippen molar-refractivity contribution in [3.05, 3.63) is 29.6 Å². The molecule has 0 bridgehead atoms. The third kappa shape index (κ3) is 4.29. The van der Waals surface area contributed by atoms with Crippen LogP contribution in [0.2, 0.25) is 0 Å². The summed E-state index contributed by atoms with van der Waals surface area (Å²) in [4.78, 5) is 11.3. The highest BCUT2D eigenvalue weighted by Crippen LogP contribution is 2.18. The molecule has 3 N–H and O–H groups in total. The van der Waals surface area contributed by atoms with Crippen molar-refractivity contribution in [3.63, 3.8) is 0 Å². The summed E-state index contributed by atoms with van der Waals surface area (Å²) in [6.45, 7) is -0.591. The van der Waals surface area contributed by atoms with Crippen LogP contribution in [0.25, 0.3) is 0 Å². The SMILES string of the molecule is Nc1ccc(C(=O)NCCC(F)(F)F)c(F)c1. The summed E-state index contributed by atoms with van der Waals surface area (Å²) < 4.78 is 48.6. The molecule has 7 heteroatoms. The number of nitrogens with two attached hydrogens (primary N) is 1. The highest BCUT2D eigenvalue weighted by molar-refractivity contribution is 5.94. The number of anilines is 1. The average Bonchev–Trinajstić information content (AvgIpc) is 2.15. The van der Waals surface area contributed by atoms with E-state index in [4.69, 9.17) is 5.73 Å². The normalized spacial score (nSPS) is 11.3. The number of hydrogen-bond acceptors (Lipinski definition) is 2. The summed E-state index contributed by atoms with van der Waals surface area (Å²) in [6.07, 6.45) is -5.51. The molecule has 0 aliphatic rings. The second-order valence-electron chi connectivity index (χ2n) is 3.36. The largest absolute Gasteiger partial charge is 0.399 e. The van der Waals surface area contributed by atoms with Crippen LogP contribution in [0, 0.1) is 5.82 Å². The highest BCUT2D eigenvalue weighted by atomic mass is 19.4. The first-order valence-electron chi connectivity index (χ1n) is 4.69. The third-order valence-electron chi connectivity index (χ3n) is 1.93. The van der Waals surface area contributed by atoms with Crippen LogP contribution in [0.3, 0.4) is 0 Å². The Morgan fingerprint density at radius 1 is 1.35 bits per heavy atom. The molecule has 0 aromatic heterocycles. The Balaban J connectivity index is 2.59. The van der Waals surface area contributed by atoms with Gasteiger partial charge < -0.3 is 11.1 Å². The lowest BCUT2D eigenvalue weighted by Crippen LogP contribution is -2.28. The molecule has 3 nitrogen and oxygen atoms in total. The Morgan fingerprint density at radius 3 is 2.53 bits per heavy atom. The number of nitrogens with one attached hydrogen (secondary N) is 1. The van der Waals surface area contributed by atoms with Crippen LogP contribution in [0.5, 0.6) is 0 Å². The van der Waals surface area contributed by atoms with Crippen molar-refractivity contribution in [1.29, 1.82) is 0 Å². The molecule has 0 heterocycles. The molecule has 1 rings (SSSR count). The summed E-state index contributed by atoms with van der Waals surface area (Å²) in [7, 11) is 0. The first-order valence-corrected chi connectivity index (χ1v) is 4.69. The van der Waals surface area contributed by atoms with Gasteiger partial charge in [-0.25, -0.2) is 4.39 Å². The Hall–Kier alpha value is -1.79. The van der Waals surface area contributed by atoms with Crippen LogP contribution in [-0.2, 0) is 0 Å². The smallest absolute Gasteiger partial charge is 0.390 e. The number of alkyl halides is 3. The Morgan fingerprint density at radius 2 is 2.00 bits per heavy atom. The summed E-state index contributed by atoms with van der Waals surface area (Å²) >= 11 is 0. The van der Waals surface area contributed by atoms with Crippen LogP contribution in [0.4, 0.5) is 23.2 Å². The molecule has 17 heavy (non-hydrogen) atoms. The van der Waals surface area contributed by atoms with Gasteiger partial charge in [-0.1, -0.05) is 0 Å². The van der Waals surface area contributed by atoms with E-state index in [-0.39, 0.29) is 11.3 Å². The Kier molecular flexibility index (Phi) is 3.93. The van der Waals surface area contributed by atoms with E-state index in [9.17, 15) is 22.4 Å². The van der Waals surface area contributed by atoms with Crippen LogP contribution in [0.1, 0.15) is 16.8 Å². The van der Waals surface area contributed by atoms with Crippen LogP contribution >= 0.6 is 0 Å². The van der Waals surface area contributed by atoms with Gasteiger partial charge in [0.2, 0.25) is 0 Å². The van der Waals surface area contributed by atoms with Gasteiger partial charge in [-0.05, 0) is 18.2 Å². The highest BCUT2D eigenvalue weighted by Gasteiger charge is 2.26. The average molecular weight is 250 g/mol. The third-order valence-corrected chi connectivity index (χ3v) is 1.93. The van der Waals surface area contributed by atoms with Gasteiger partial charge in [-0.2, -0.15) is 13.2 Å². The molecule has 94 valence electrons. The van der Waals surface area contributed by atoms with E-state index in [0.717, 1.165) is 12.1 Å². The first kappa shape index (κ1) is 13.3. The number of rotatable bonds is 3.